The van der Waals surface area contributed by atoms with Gasteiger partial charge >= 0.3 is 0 Å². The Bertz CT molecular complexity index is 704. The Morgan fingerprint density at radius 2 is 2.16 bits per heavy atom. The number of anilines is 2. The molecule has 0 amide bonds. The molecule has 0 saturated heterocycles. The summed E-state index contributed by atoms with van der Waals surface area (Å²) in [5.41, 5.74) is 3.52. The zero-order valence-electron chi connectivity index (χ0n) is 10.2. The van der Waals surface area contributed by atoms with E-state index < -0.39 is 0 Å². The number of nitrogens with two attached hydrogens (primary N) is 1. The average molecular weight is 292 g/mol. The van der Waals surface area contributed by atoms with Crippen LogP contribution < -0.4 is 16.6 Å². The highest BCUT2D eigenvalue weighted by molar-refractivity contribution is 7.16. The molecule has 0 spiro atoms. The van der Waals surface area contributed by atoms with E-state index in [-0.39, 0.29) is 0 Å². The second kappa shape index (κ2) is 5.08. The van der Waals surface area contributed by atoms with Crippen molar-refractivity contribution in [2.24, 2.45) is 5.84 Å². The highest BCUT2D eigenvalue weighted by Crippen LogP contribution is 2.26. The summed E-state index contributed by atoms with van der Waals surface area (Å²) >= 11 is 3.19. The molecule has 6 nitrogen and oxygen atoms in total. The van der Waals surface area contributed by atoms with Crippen LogP contribution in [0.15, 0.2) is 16.8 Å². The van der Waals surface area contributed by atoms with Gasteiger partial charge in [0.1, 0.15) is 15.7 Å². The van der Waals surface area contributed by atoms with Crippen LogP contribution in [-0.2, 0) is 6.54 Å². The molecule has 0 bridgehead atoms. The Hall–Kier alpha value is -1.77. The molecule has 0 atom stereocenters. The summed E-state index contributed by atoms with van der Waals surface area (Å²) in [6, 6.07) is 2.00. The maximum absolute atomic E-state index is 5.38. The monoisotopic (exact) mass is 292 g/mol. The van der Waals surface area contributed by atoms with Gasteiger partial charge in [0, 0.05) is 11.1 Å². The van der Waals surface area contributed by atoms with Crippen molar-refractivity contribution in [2.75, 3.05) is 10.7 Å². The lowest BCUT2D eigenvalue weighted by Crippen LogP contribution is -2.12. The molecule has 0 fully saturated rings. The van der Waals surface area contributed by atoms with E-state index in [0.717, 1.165) is 26.7 Å². The van der Waals surface area contributed by atoms with Crippen molar-refractivity contribution >= 4 is 44.7 Å². The topological polar surface area (TPSA) is 88.8 Å². The summed E-state index contributed by atoms with van der Waals surface area (Å²) in [6.45, 7) is 2.63. The second-order valence-corrected chi connectivity index (χ2v) is 5.75. The van der Waals surface area contributed by atoms with Crippen molar-refractivity contribution in [2.45, 2.75) is 13.5 Å². The molecule has 0 aliphatic rings. The zero-order chi connectivity index (χ0) is 13.2. The number of rotatable bonds is 4. The van der Waals surface area contributed by atoms with E-state index in [2.05, 4.69) is 25.7 Å². The molecular formula is C11H12N6S2. The van der Waals surface area contributed by atoms with Crippen LogP contribution in [-0.4, -0.2) is 15.0 Å². The van der Waals surface area contributed by atoms with Gasteiger partial charge in [0.05, 0.1) is 11.9 Å². The molecule has 3 aromatic rings. The third-order valence-electron chi connectivity index (χ3n) is 2.53. The molecular weight excluding hydrogens is 280 g/mol. The van der Waals surface area contributed by atoms with Crippen LogP contribution in [0.1, 0.15) is 10.7 Å². The predicted molar refractivity (Wildman–Crippen MR) is 79.4 cm³/mol. The molecule has 8 heteroatoms. The van der Waals surface area contributed by atoms with E-state index in [1.807, 2.05) is 23.8 Å². The standard InChI is InChI=1S/C11H12N6S2/c1-6-5-19-8(14-6)4-13-9-7-2-3-18-10(7)16-11(15-9)17-12/h2-3,5H,4,12H2,1H3,(H2,13,15,16,17). The number of thiazole rings is 1. The van der Waals surface area contributed by atoms with Gasteiger partial charge in [0.25, 0.3) is 0 Å². The SMILES string of the molecule is Cc1csc(CNc2nc(NN)nc3sccc23)n1. The average Bonchev–Trinajstić information content (AvgIpc) is 3.04. The van der Waals surface area contributed by atoms with Gasteiger partial charge in [-0.25, -0.2) is 15.8 Å². The van der Waals surface area contributed by atoms with Gasteiger partial charge in [0.15, 0.2) is 0 Å². The molecule has 19 heavy (non-hydrogen) atoms. The molecule has 0 unspecified atom stereocenters. The third kappa shape index (κ3) is 2.50. The summed E-state index contributed by atoms with van der Waals surface area (Å²) in [6.07, 6.45) is 0. The Labute approximate surface area is 117 Å². The predicted octanol–water partition coefficient (Wildman–Crippen LogP) is 2.35. The summed E-state index contributed by atoms with van der Waals surface area (Å²) in [7, 11) is 0. The summed E-state index contributed by atoms with van der Waals surface area (Å²) < 4.78 is 0. The van der Waals surface area contributed by atoms with Crippen molar-refractivity contribution in [1.82, 2.24) is 15.0 Å². The number of nitrogens with zero attached hydrogens (tertiary/aromatic N) is 3. The summed E-state index contributed by atoms with van der Waals surface area (Å²) in [4.78, 5) is 13.9. The minimum Gasteiger partial charge on any atom is -0.363 e. The molecule has 0 saturated carbocycles. The highest BCUT2D eigenvalue weighted by atomic mass is 32.1. The second-order valence-electron chi connectivity index (χ2n) is 3.92. The van der Waals surface area contributed by atoms with Crippen LogP contribution >= 0.6 is 22.7 Å². The van der Waals surface area contributed by atoms with Crippen molar-refractivity contribution in [1.29, 1.82) is 0 Å². The zero-order valence-corrected chi connectivity index (χ0v) is 11.8. The number of hydrazine groups is 1. The molecule has 0 aliphatic heterocycles. The lowest BCUT2D eigenvalue weighted by Gasteiger charge is -2.06. The number of fused-ring (bicyclic) bond motifs is 1. The van der Waals surface area contributed by atoms with Gasteiger partial charge in [-0.05, 0) is 18.4 Å². The van der Waals surface area contributed by atoms with Crippen molar-refractivity contribution in [3.05, 3.63) is 27.5 Å². The van der Waals surface area contributed by atoms with Gasteiger partial charge in [-0.3, -0.25) is 5.43 Å². The molecule has 3 rings (SSSR count). The number of nitrogens with one attached hydrogen (secondary N) is 2. The highest BCUT2D eigenvalue weighted by Gasteiger charge is 2.08. The number of hydrogen-bond donors (Lipinski definition) is 3. The summed E-state index contributed by atoms with van der Waals surface area (Å²) in [5.74, 6) is 6.56. The van der Waals surface area contributed by atoms with Crippen LogP contribution in [0.25, 0.3) is 10.2 Å². The molecule has 0 aromatic carbocycles. The van der Waals surface area contributed by atoms with Crippen LogP contribution in [0.5, 0.6) is 0 Å². The van der Waals surface area contributed by atoms with E-state index in [9.17, 15) is 0 Å². The number of aromatic nitrogens is 3. The Balaban J connectivity index is 1.88. The van der Waals surface area contributed by atoms with Crippen LogP contribution in [0, 0.1) is 6.92 Å². The number of nitrogen functional groups attached to an aromatic ring is 1. The molecule has 3 aromatic heterocycles. The fraction of sp³-hybridized carbons (Fsp3) is 0.182. The third-order valence-corrected chi connectivity index (χ3v) is 4.30. The lowest BCUT2D eigenvalue weighted by molar-refractivity contribution is 1.05. The van der Waals surface area contributed by atoms with E-state index in [0.29, 0.717) is 12.5 Å². The van der Waals surface area contributed by atoms with Gasteiger partial charge in [-0.15, -0.1) is 22.7 Å². The molecule has 3 heterocycles. The summed E-state index contributed by atoms with van der Waals surface area (Å²) in [5, 5.41) is 9.33. The molecule has 98 valence electrons. The van der Waals surface area contributed by atoms with E-state index >= 15 is 0 Å². The van der Waals surface area contributed by atoms with Crippen LogP contribution in [0.3, 0.4) is 0 Å². The molecule has 4 N–H and O–H groups in total. The first kappa shape index (κ1) is 12.3. The largest absolute Gasteiger partial charge is 0.363 e. The number of hydrogen-bond acceptors (Lipinski definition) is 8. The van der Waals surface area contributed by atoms with Crippen molar-refractivity contribution < 1.29 is 0 Å². The smallest absolute Gasteiger partial charge is 0.240 e. The number of thiophene rings is 1. The van der Waals surface area contributed by atoms with Gasteiger partial charge in [-0.2, -0.15) is 4.98 Å². The van der Waals surface area contributed by atoms with E-state index in [4.69, 9.17) is 5.84 Å². The van der Waals surface area contributed by atoms with Crippen molar-refractivity contribution in [3.8, 4) is 0 Å². The van der Waals surface area contributed by atoms with Crippen LogP contribution in [0.2, 0.25) is 0 Å². The number of aryl methyl sites for hydroxylation is 1. The van der Waals surface area contributed by atoms with E-state index in [1.165, 1.54) is 0 Å². The molecule has 0 radical (unpaired) electrons. The Morgan fingerprint density at radius 1 is 1.26 bits per heavy atom. The first-order chi connectivity index (χ1) is 9.26. The maximum Gasteiger partial charge on any atom is 0.240 e. The van der Waals surface area contributed by atoms with Gasteiger partial charge in [-0.1, -0.05) is 0 Å². The fourth-order valence-electron chi connectivity index (χ4n) is 1.70. The Morgan fingerprint density at radius 3 is 2.89 bits per heavy atom. The first-order valence-corrected chi connectivity index (χ1v) is 7.39. The Kier molecular flexibility index (Phi) is 3.28. The molecule has 0 aliphatic carbocycles. The normalized spacial score (nSPS) is 10.8. The lowest BCUT2D eigenvalue weighted by atomic mass is 10.4. The first-order valence-electron chi connectivity index (χ1n) is 5.63. The van der Waals surface area contributed by atoms with Gasteiger partial charge < -0.3 is 5.32 Å². The maximum atomic E-state index is 5.38. The quantitative estimate of drug-likeness (QED) is 0.505. The minimum atomic E-state index is 0.410. The van der Waals surface area contributed by atoms with Crippen molar-refractivity contribution in [3.63, 3.8) is 0 Å². The minimum absolute atomic E-state index is 0.410. The van der Waals surface area contributed by atoms with Crippen LogP contribution in [0.4, 0.5) is 11.8 Å². The van der Waals surface area contributed by atoms with Gasteiger partial charge in [0.2, 0.25) is 5.95 Å². The van der Waals surface area contributed by atoms with E-state index in [1.54, 1.807) is 22.7 Å². The fourth-order valence-corrected chi connectivity index (χ4v) is 3.17.